The van der Waals surface area contributed by atoms with Gasteiger partial charge in [0.1, 0.15) is 0 Å². The maximum absolute atomic E-state index is 12.1. The van der Waals surface area contributed by atoms with E-state index in [9.17, 15) is 8.78 Å². The summed E-state index contributed by atoms with van der Waals surface area (Å²) in [5.74, 6) is -0.329. The molecule has 0 radical (unpaired) electrons. The largest absolute Gasteiger partial charge is 0.330 e. The molecular weight excluding hydrogens is 136 g/mol. The molecule has 2 atom stereocenters. The Kier molecular flexibility index (Phi) is 2.60. The molecule has 0 bridgehead atoms. The first-order chi connectivity index (χ1) is 4.75. The molecule has 0 saturated heterocycles. The molecular formula is C7H13F2N. The van der Waals surface area contributed by atoms with E-state index in [1.807, 2.05) is 0 Å². The number of nitrogens with two attached hydrogens (primary N) is 1. The minimum absolute atomic E-state index is 0.0833. The van der Waals surface area contributed by atoms with Gasteiger partial charge >= 0.3 is 0 Å². The molecule has 1 rings (SSSR count). The Morgan fingerprint density at radius 1 is 1.40 bits per heavy atom. The molecule has 0 aliphatic heterocycles. The second-order valence-corrected chi connectivity index (χ2v) is 2.92. The Morgan fingerprint density at radius 2 is 2.10 bits per heavy atom. The zero-order valence-corrected chi connectivity index (χ0v) is 5.89. The van der Waals surface area contributed by atoms with Crippen molar-refractivity contribution in [3.05, 3.63) is 0 Å². The maximum atomic E-state index is 12.1. The van der Waals surface area contributed by atoms with Gasteiger partial charge in [-0.1, -0.05) is 6.42 Å². The van der Waals surface area contributed by atoms with Crippen molar-refractivity contribution in [2.45, 2.75) is 25.7 Å². The van der Waals surface area contributed by atoms with E-state index >= 15 is 0 Å². The van der Waals surface area contributed by atoms with Crippen molar-refractivity contribution < 1.29 is 8.78 Å². The lowest BCUT2D eigenvalue weighted by atomic mass is 9.97. The zero-order valence-electron chi connectivity index (χ0n) is 5.89. The standard InChI is InChI=1S/C7H13F2N/c8-7(9)6-3-1-2-5(6)4-10/h5-7H,1-4,10H2/t5-,6-/m0/s1. The Labute approximate surface area is 59.6 Å². The number of hydrogen-bond donors (Lipinski definition) is 1. The highest BCUT2D eigenvalue weighted by molar-refractivity contribution is 4.79. The predicted octanol–water partition coefficient (Wildman–Crippen LogP) is 1.63. The molecule has 1 nitrogen and oxygen atoms in total. The Balaban J connectivity index is 2.42. The van der Waals surface area contributed by atoms with Crippen LogP contribution in [0.5, 0.6) is 0 Å². The van der Waals surface area contributed by atoms with Crippen LogP contribution in [0.3, 0.4) is 0 Å². The highest BCUT2D eigenvalue weighted by atomic mass is 19.3. The van der Waals surface area contributed by atoms with Crippen molar-refractivity contribution in [3.8, 4) is 0 Å². The van der Waals surface area contributed by atoms with Gasteiger partial charge in [-0.2, -0.15) is 0 Å². The lowest BCUT2D eigenvalue weighted by Crippen LogP contribution is -2.23. The quantitative estimate of drug-likeness (QED) is 0.634. The molecule has 0 unspecified atom stereocenters. The summed E-state index contributed by atoms with van der Waals surface area (Å²) in [6.07, 6.45) is 0.332. The van der Waals surface area contributed by atoms with Gasteiger partial charge in [-0.15, -0.1) is 0 Å². The Morgan fingerprint density at radius 3 is 2.50 bits per heavy atom. The average Bonchev–Trinajstić information content (AvgIpc) is 2.33. The SMILES string of the molecule is NC[C@@H]1CCC[C@@H]1C(F)F. The summed E-state index contributed by atoms with van der Waals surface area (Å²) in [5.41, 5.74) is 5.33. The van der Waals surface area contributed by atoms with E-state index in [1.165, 1.54) is 0 Å². The molecule has 1 aliphatic rings. The minimum atomic E-state index is -2.16. The normalized spacial score (nSPS) is 33.6. The van der Waals surface area contributed by atoms with Crippen molar-refractivity contribution >= 4 is 0 Å². The van der Waals surface area contributed by atoms with Crippen LogP contribution in [0.2, 0.25) is 0 Å². The predicted molar refractivity (Wildman–Crippen MR) is 35.9 cm³/mol. The van der Waals surface area contributed by atoms with Crippen LogP contribution in [0.4, 0.5) is 8.78 Å². The van der Waals surface area contributed by atoms with E-state index in [4.69, 9.17) is 5.73 Å². The van der Waals surface area contributed by atoms with Crippen LogP contribution in [0, 0.1) is 11.8 Å². The van der Waals surface area contributed by atoms with Crippen molar-refractivity contribution in [1.82, 2.24) is 0 Å². The summed E-state index contributed by atoms with van der Waals surface area (Å²) in [6, 6.07) is 0. The number of hydrogen-bond acceptors (Lipinski definition) is 1. The molecule has 0 aromatic carbocycles. The van der Waals surface area contributed by atoms with Crippen LogP contribution in [0.1, 0.15) is 19.3 Å². The van der Waals surface area contributed by atoms with Gasteiger partial charge in [0.25, 0.3) is 0 Å². The van der Waals surface area contributed by atoms with Crippen molar-refractivity contribution in [3.63, 3.8) is 0 Å². The molecule has 0 aromatic rings. The minimum Gasteiger partial charge on any atom is -0.330 e. The topological polar surface area (TPSA) is 26.0 Å². The Bertz CT molecular complexity index is 106. The van der Waals surface area contributed by atoms with Gasteiger partial charge in [0.2, 0.25) is 6.43 Å². The lowest BCUT2D eigenvalue weighted by Gasteiger charge is -2.15. The second kappa shape index (κ2) is 3.28. The lowest BCUT2D eigenvalue weighted by molar-refractivity contribution is 0.0582. The third-order valence-electron chi connectivity index (χ3n) is 2.34. The molecule has 2 N–H and O–H groups in total. The zero-order chi connectivity index (χ0) is 7.56. The molecule has 0 amide bonds. The molecule has 0 aromatic heterocycles. The summed E-state index contributed by atoms with van der Waals surface area (Å²) >= 11 is 0. The van der Waals surface area contributed by atoms with Crippen LogP contribution >= 0.6 is 0 Å². The third kappa shape index (κ3) is 1.45. The summed E-state index contributed by atoms with van der Waals surface area (Å²) in [5, 5.41) is 0. The first kappa shape index (κ1) is 7.92. The van der Waals surface area contributed by atoms with E-state index in [2.05, 4.69) is 0 Å². The monoisotopic (exact) mass is 149 g/mol. The third-order valence-corrected chi connectivity index (χ3v) is 2.34. The first-order valence-corrected chi connectivity index (χ1v) is 3.74. The van der Waals surface area contributed by atoms with Gasteiger partial charge in [-0.25, -0.2) is 8.78 Å². The van der Waals surface area contributed by atoms with E-state index < -0.39 is 12.3 Å². The van der Waals surface area contributed by atoms with E-state index in [-0.39, 0.29) is 5.92 Å². The van der Waals surface area contributed by atoms with Gasteiger partial charge in [0.15, 0.2) is 0 Å². The molecule has 1 aliphatic carbocycles. The van der Waals surface area contributed by atoms with Gasteiger partial charge < -0.3 is 5.73 Å². The van der Waals surface area contributed by atoms with Gasteiger partial charge in [-0.3, -0.25) is 0 Å². The molecule has 10 heavy (non-hydrogen) atoms. The molecule has 0 spiro atoms. The van der Waals surface area contributed by atoms with E-state index in [1.54, 1.807) is 0 Å². The highest BCUT2D eigenvalue weighted by Crippen LogP contribution is 2.34. The fourth-order valence-electron chi connectivity index (χ4n) is 1.69. The summed E-state index contributed by atoms with van der Waals surface area (Å²) in [4.78, 5) is 0. The number of alkyl halides is 2. The molecule has 1 fully saturated rings. The van der Waals surface area contributed by atoms with Gasteiger partial charge in [0.05, 0.1) is 0 Å². The number of halogens is 2. The Hall–Kier alpha value is -0.180. The average molecular weight is 149 g/mol. The molecule has 1 saturated carbocycles. The fourth-order valence-corrected chi connectivity index (χ4v) is 1.69. The van der Waals surface area contributed by atoms with Gasteiger partial charge in [-0.05, 0) is 25.3 Å². The summed E-state index contributed by atoms with van der Waals surface area (Å²) < 4.78 is 24.2. The number of rotatable bonds is 2. The smallest absolute Gasteiger partial charge is 0.241 e. The summed E-state index contributed by atoms with van der Waals surface area (Å²) in [7, 11) is 0. The van der Waals surface area contributed by atoms with Crippen LogP contribution in [-0.4, -0.2) is 13.0 Å². The van der Waals surface area contributed by atoms with E-state index in [0.29, 0.717) is 13.0 Å². The second-order valence-electron chi connectivity index (χ2n) is 2.92. The van der Waals surface area contributed by atoms with Crippen LogP contribution in [0.15, 0.2) is 0 Å². The van der Waals surface area contributed by atoms with E-state index in [0.717, 1.165) is 12.8 Å². The van der Waals surface area contributed by atoms with Crippen LogP contribution in [0.25, 0.3) is 0 Å². The first-order valence-electron chi connectivity index (χ1n) is 3.74. The fraction of sp³-hybridized carbons (Fsp3) is 1.00. The summed E-state index contributed by atoms with van der Waals surface area (Å²) in [6.45, 7) is 0.426. The van der Waals surface area contributed by atoms with Crippen molar-refractivity contribution in [2.75, 3.05) is 6.54 Å². The van der Waals surface area contributed by atoms with Crippen molar-refractivity contribution in [1.29, 1.82) is 0 Å². The van der Waals surface area contributed by atoms with Gasteiger partial charge in [0, 0.05) is 5.92 Å². The highest BCUT2D eigenvalue weighted by Gasteiger charge is 2.32. The molecule has 3 heteroatoms. The van der Waals surface area contributed by atoms with Crippen molar-refractivity contribution in [2.24, 2.45) is 17.6 Å². The maximum Gasteiger partial charge on any atom is 0.241 e. The van der Waals surface area contributed by atoms with Crippen LogP contribution in [-0.2, 0) is 0 Å². The van der Waals surface area contributed by atoms with Crippen LogP contribution < -0.4 is 5.73 Å². The molecule has 0 heterocycles. The molecule has 60 valence electrons.